The first-order valence-corrected chi connectivity index (χ1v) is 2.67. The van der Waals surface area contributed by atoms with E-state index in [0.29, 0.717) is 0 Å². The summed E-state index contributed by atoms with van der Waals surface area (Å²) in [6.45, 7) is 0. The van der Waals surface area contributed by atoms with Crippen molar-refractivity contribution in [3.05, 3.63) is 0 Å². The molecular formula is C5H10ClNO2. The molecule has 2 atom stereocenters. The molecule has 54 valence electrons. The molecule has 0 spiro atoms. The number of carboxylic acid groups (broad SMARTS) is 1. The van der Waals surface area contributed by atoms with E-state index in [2.05, 4.69) is 0 Å². The summed E-state index contributed by atoms with van der Waals surface area (Å²) < 4.78 is 0. The van der Waals surface area contributed by atoms with E-state index >= 15 is 0 Å². The smallest absolute Gasteiger partial charge is 0.303 e. The zero-order valence-electron chi connectivity index (χ0n) is 4.91. The largest absolute Gasteiger partial charge is 0.481 e. The van der Waals surface area contributed by atoms with E-state index in [4.69, 9.17) is 10.8 Å². The maximum Gasteiger partial charge on any atom is 0.303 e. The summed E-state index contributed by atoms with van der Waals surface area (Å²) in [4.78, 5) is 9.94. The first-order chi connectivity index (χ1) is 3.70. The van der Waals surface area contributed by atoms with Crippen molar-refractivity contribution >= 4 is 18.4 Å². The van der Waals surface area contributed by atoms with Crippen molar-refractivity contribution in [2.24, 2.45) is 11.7 Å². The molecule has 0 heterocycles. The minimum Gasteiger partial charge on any atom is -0.481 e. The summed E-state index contributed by atoms with van der Waals surface area (Å²) in [5.74, 6) is -0.463. The molecule has 0 amide bonds. The van der Waals surface area contributed by atoms with Gasteiger partial charge in [0.25, 0.3) is 0 Å². The van der Waals surface area contributed by atoms with E-state index in [0.717, 1.165) is 6.42 Å². The molecule has 9 heavy (non-hydrogen) atoms. The molecule has 4 heteroatoms. The van der Waals surface area contributed by atoms with Crippen LogP contribution in [-0.4, -0.2) is 17.1 Å². The van der Waals surface area contributed by atoms with Crippen molar-refractivity contribution in [2.75, 3.05) is 0 Å². The summed E-state index contributed by atoms with van der Waals surface area (Å²) in [7, 11) is 0. The quantitative estimate of drug-likeness (QED) is 0.594. The first kappa shape index (κ1) is 8.72. The SMILES string of the molecule is Cl.N[C@@H]1C[C@H]1CC(=O)O. The third kappa shape index (κ3) is 2.67. The maximum absolute atomic E-state index is 9.94. The van der Waals surface area contributed by atoms with Gasteiger partial charge in [-0.15, -0.1) is 12.4 Å². The number of carboxylic acids is 1. The van der Waals surface area contributed by atoms with Crippen LogP contribution in [0.5, 0.6) is 0 Å². The van der Waals surface area contributed by atoms with Crippen molar-refractivity contribution in [2.45, 2.75) is 18.9 Å². The second-order valence-corrected chi connectivity index (χ2v) is 2.26. The number of hydrogen-bond acceptors (Lipinski definition) is 2. The molecule has 0 aromatic heterocycles. The van der Waals surface area contributed by atoms with Crippen LogP contribution in [-0.2, 0) is 4.79 Å². The highest BCUT2D eigenvalue weighted by Gasteiger charge is 2.34. The van der Waals surface area contributed by atoms with Gasteiger partial charge >= 0.3 is 5.97 Å². The highest BCUT2D eigenvalue weighted by molar-refractivity contribution is 5.85. The zero-order chi connectivity index (χ0) is 6.15. The van der Waals surface area contributed by atoms with E-state index in [1.807, 2.05) is 0 Å². The van der Waals surface area contributed by atoms with Gasteiger partial charge in [0.15, 0.2) is 0 Å². The lowest BCUT2D eigenvalue weighted by Gasteiger charge is -1.86. The molecule has 1 fully saturated rings. The highest BCUT2D eigenvalue weighted by Crippen LogP contribution is 2.30. The van der Waals surface area contributed by atoms with Gasteiger partial charge in [0.1, 0.15) is 0 Å². The molecular weight excluding hydrogens is 142 g/mol. The molecule has 0 bridgehead atoms. The Kier molecular flexibility index (Phi) is 2.94. The summed E-state index contributed by atoms with van der Waals surface area (Å²) in [5.41, 5.74) is 5.35. The number of nitrogens with two attached hydrogens (primary N) is 1. The monoisotopic (exact) mass is 151 g/mol. The lowest BCUT2D eigenvalue weighted by atomic mass is 10.3. The van der Waals surface area contributed by atoms with Crippen LogP contribution in [0.3, 0.4) is 0 Å². The van der Waals surface area contributed by atoms with Gasteiger partial charge in [-0.1, -0.05) is 0 Å². The van der Waals surface area contributed by atoms with E-state index in [-0.39, 0.29) is 30.8 Å². The molecule has 1 aliphatic carbocycles. The van der Waals surface area contributed by atoms with E-state index in [9.17, 15) is 4.79 Å². The Balaban J connectivity index is 0.000000640. The van der Waals surface area contributed by atoms with Gasteiger partial charge in [-0.2, -0.15) is 0 Å². The standard InChI is InChI=1S/C5H9NO2.ClH/c6-4-1-3(4)2-5(7)8;/h3-4H,1-2,6H2,(H,7,8);1H/t3-,4+;/m0./s1. The third-order valence-corrected chi connectivity index (χ3v) is 1.41. The van der Waals surface area contributed by atoms with Crippen molar-refractivity contribution in [3.8, 4) is 0 Å². The van der Waals surface area contributed by atoms with Crippen LogP contribution in [0.25, 0.3) is 0 Å². The van der Waals surface area contributed by atoms with Gasteiger partial charge in [0.2, 0.25) is 0 Å². The van der Waals surface area contributed by atoms with Gasteiger partial charge < -0.3 is 10.8 Å². The first-order valence-electron chi connectivity index (χ1n) is 2.67. The predicted octanol–water partition coefficient (Wildman–Crippen LogP) is 0.230. The average molecular weight is 152 g/mol. The Morgan fingerprint density at radius 2 is 2.22 bits per heavy atom. The van der Waals surface area contributed by atoms with Crippen molar-refractivity contribution in [3.63, 3.8) is 0 Å². The molecule has 1 aliphatic rings. The van der Waals surface area contributed by atoms with Crippen LogP contribution in [0.15, 0.2) is 0 Å². The topological polar surface area (TPSA) is 63.3 Å². The van der Waals surface area contributed by atoms with E-state index in [1.54, 1.807) is 0 Å². The summed E-state index contributed by atoms with van der Waals surface area (Å²) in [6.07, 6.45) is 1.15. The molecule has 1 saturated carbocycles. The molecule has 0 saturated heterocycles. The molecule has 0 unspecified atom stereocenters. The molecule has 3 nitrogen and oxygen atoms in total. The van der Waals surface area contributed by atoms with Gasteiger partial charge in [-0.3, -0.25) is 4.79 Å². The number of rotatable bonds is 2. The average Bonchev–Trinajstić information content (AvgIpc) is 2.17. The fourth-order valence-electron chi connectivity index (χ4n) is 0.730. The fraction of sp³-hybridized carbons (Fsp3) is 0.800. The molecule has 0 aromatic carbocycles. The van der Waals surface area contributed by atoms with Gasteiger partial charge in [0.05, 0.1) is 0 Å². The van der Waals surface area contributed by atoms with E-state index < -0.39 is 5.97 Å². The summed E-state index contributed by atoms with van der Waals surface area (Å²) >= 11 is 0. The van der Waals surface area contributed by atoms with Crippen molar-refractivity contribution < 1.29 is 9.90 Å². The molecule has 0 aliphatic heterocycles. The number of aliphatic carboxylic acids is 1. The normalized spacial score (nSPS) is 30.8. The van der Waals surface area contributed by atoms with Crippen molar-refractivity contribution in [1.29, 1.82) is 0 Å². The minimum absolute atomic E-state index is 0. The Labute approximate surface area is 59.6 Å². The Bertz CT molecular complexity index is 118. The summed E-state index contributed by atoms with van der Waals surface area (Å²) in [6, 6.07) is 0.172. The van der Waals surface area contributed by atoms with Crippen LogP contribution >= 0.6 is 12.4 Å². The second-order valence-electron chi connectivity index (χ2n) is 2.26. The molecule has 1 rings (SSSR count). The zero-order valence-corrected chi connectivity index (χ0v) is 5.73. The Hall–Kier alpha value is -0.280. The van der Waals surface area contributed by atoms with Crippen LogP contribution in [0.4, 0.5) is 0 Å². The number of hydrogen-bond donors (Lipinski definition) is 2. The maximum atomic E-state index is 9.94. The van der Waals surface area contributed by atoms with Gasteiger partial charge in [-0.05, 0) is 12.3 Å². The second kappa shape index (κ2) is 3.03. The highest BCUT2D eigenvalue weighted by atomic mass is 35.5. The third-order valence-electron chi connectivity index (χ3n) is 1.41. The van der Waals surface area contributed by atoms with Crippen LogP contribution in [0, 0.1) is 5.92 Å². The van der Waals surface area contributed by atoms with E-state index in [1.165, 1.54) is 0 Å². The molecule has 3 N–H and O–H groups in total. The fourth-order valence-corrected chi connectivity index (χ4v) is 0.730. The van der Waals surface area contributed by atoms with Crippen LogP contribution in [0.1, 0.15) is 12.8 Å². The van der Waals surface area contributed by atoms with Crippen LogP contribution < -0.4 is 5.73 Å². The van der Waals surface area contributed by atoms with Gasteiger partial charge in [-0.25, -0.2) is 0 Å². The molecule has 0 radical (unpaired) electrons. The Morgan fingerprint density at radius 3 is 2.33 bits per heavy atom. The lowest BCUT2D eigenvalue weighted by molar-refractivity contribution is -0.137. The van der Waals surface area contributed by atoms with Crippen molar-refractivity contribution in [1.82, 2.24) is 0 Å². The predicted molar refractivity (Wildman–Crippen MR) is 35.6 cm³/mol. The van der Waals surface area contributed by atoms with Gasteiger partial charge in [0, 0.05) is 12.5 Å². The Morgan fingerprint density at radius 1 is 1.78 bits per heavy atom. The lowest BCUT2D eigenvalue weighted by Crippen LogP contribution is -2.05. The molecule has 0 aromatic rings. The number of carbonyl (C=O) groups is 1. The summed E-state index contributed by atoms with van der Waals surface area (Å²) in [5, 5.41) is 8.19. The minimum atomic E-state index is -0.733. The number of halogens is 1. The van der Waals surface area contributed by atoms with Crippen LogP contribution in [0.2, 0.25) is 0 Å².